The van der Waals surface area contributed by atoms with Gasteiger partial charge in [-0.05, 0) is 38.5 Å². The summed E-state index contributed by atoms with van der Waals surface area (Å²) < 4.78 is 19.4. The van der Waals surface area contributed by atoms with Gasteiger partial charge in [-0.1, -0.05) is 72.8 Å². The Balaban J connectivity index is 2.06. The summed E-state index contributed by atoms with van der Waals surface area (Å²) in [6.07, 6.45) is 0.246. The van der Waals surface area contributed by atoms with E-state index in [-0.39, 0.29) is 12.2 Å². The summed E-state index contributed by atoms with van der Waals surface area (Å²) in [4.78, 5) is 17.9. The van der Waals surface area contributed by atoms with Crippen molar-refractivity contribution in [2.24, 2.45) is 4.99 Å². The number of benzene rings is 3. The van der Waals surface area contributed by atoms with Gasteiger partial charge in [-0.2, -0.15) is 0 Å². The van der Waals surface area contributed by atoms with Gasteiger partial charge in [-0.15, -0.1) is 0 Å². The smallest absolute Gasteiger partial charge is 0.331 e. The Labute approximate surface area is 177 Å². The predicted octanol–water partition coefficient (Wildman–Crippen LogP) is 5.62. The second kappa shape index (κ2) is 9.49. The monoisotopic (exact) mass is 403 g/mol. The van der Waals surface area contributed by atoms with Crippen LogP contribution in [0.4, 0.5) is 4.39 Å². The van der Waals surface area contributed by atoms with Crippen LogP contribution >= 0.6 is 0 Å². The van der Waals surface area contributed by atoms with E-state index in [1.165, 1.54) is 12.1 Å². The molecule has 3 rings (SSSR count). The average molecular weight is 403 g/mol. The quantitative estimate of drug-likeness (QED) is 0.396. The predicted molar refractivity (Wildman–Crippen MR) is 118 cm³/mol. The molecule has 0 aliphatic carbocycles. The summed E-state index contributed by atoms with van der Waals surface area (Å²) in [7, 11) is 0. The van der Waals surface area contributed by atoms with Crippen molar-refractivity contribution >= 4 is 11.7 Å². The van der Waals surface area contributed by atoms with E-state index in [9.17, 15) is 9.18 Å². The molecule has 0 fully saturated rings. The molecule has 0 N–H and O–H groups in total. The zero-order valence-electron chi connectivity index (χ0n) is 17.5. The van der Waals surface area contributed by atoms with Crippen LogP contribution in [0.5, 0.6) is 0 Å². The Kier molecular flexibility index (Phi) is 6.78. The molecule has 4 heteroatoms. The number of aliphatic imine (C=N–C) groups is 1. The normalized spacial score (nSPS) is 12.1. The minimum atomic E-state index is -0.804. The Bertz CT molecular complexity index is 966. The molecule has 3 aromatic rings. The first kappa shape index (κ1) is 21.4. The maximum atomic E-state index is 13.7. The lowest BCUT2D eigenvalue weighted by atomic mass is 10.0. The first-order valence-corrected chi connectivity index (χ1v) is 9.98. The summed E-state index contributed by atoms with van der Waals surface area (Å²) in [6, 6.07) is 24.9. The van der Waals surface area contributed by atoms with E-state index >= 15 is 0 Å². The van der Waals surface area contributed by atoms with Crippen LogP contribution in [-0.2, 0) is 16.0 Å². The molecule has 0 bridgehead atoms. The lowest BCUT2D eigenvalue weighted by Gasteiger charge is -2.23. The highest BCUT2D eigenvalue weighted by molar-refractivity contribution is 6.13. The van der Waals surface area contributed by atoms with E-state index < -0.39 is 17.6 Å². The Morgan fingerprint density at radius 1 is 0.900 bits per heavy atom. The molecule has 30 heavy (non-hydrogen) atoms. The largest absolute Gasteiger partial charge is 0.458 e. The fourth-order valence-electron chi connectivity index (χ4n) is 3.10. The average Bonchev–Trinajstić information content (AvgIpc) is 2.71. The maximum absolute atomic E-state index is 13.7. The van der Waals surface area contributed by atoms with Crippen LogP contribution in [0, 0.1) is 5.82 Å². The van der Waals surface area contributed by atoms with Gasteiger partial charge in [0.15, 0.2) is 6.04 Å². The summed E-state index contributed by atoms with van der Waals surface area (Å²) >= 11 is 0. The van der Waals surface area contributed by atoms with Crippen LogP contribution in [-0.4, -0.2) is 23.3 Å². The van der Waals surface area contributed by atoms with Crippen molar-refractivity contribution in [1.29, 1.82) is 0 Å². The van der Waals surface area contributed by atoms with Crippen molar-refractivity contribution in [3.63, 3.8) is 0 Å². The molecule has 0 unspecified atom stereocenters. The van der Waals surface area contributed by atoms with Gasteiger partial charge in [-0.25, -0.2) is 9.18 Å². The number of ether oxygens (including phenoxy) is 1. The summed E-state index contributed by atoms with van der Waals surface area (Å²) in [5, 5.41) is 0. The van der Waals surface area contributed by atoms with Crippen LogP contribution < -0.4 is 0 Å². The molecule has 0 radical (unpaired) electrons. The molecule has 0 aliphatic heterocycles. The number of carbonyl (C=O) groups excluding carboxylic acids is 1. The molecule has 1 atom stereocenters. The van der Waals surface area contributed by atoms with Crippen molar-refractivity contribution in [3.05, 3.63) is 107 Å². The first-order valence-electron chi connectivity index (χ1n) is 9.98. The van der Waals surface area contributed by atoms with E-state index in [4.69, 9.17) is 9.73 Å². The molecular weight excluding hydrogens is 377 g/mol. The number of rotatable bonds is 6. The third kappa shape index (κ3) is 6.11. The molecule has 0 saturated heterocycles. The molecule has 0 aromatic heterocycles. The van der Waals surface area contributed by atoms with Gasteiger partial charge in [0.25, 0.3) is 0 Å². The molecule has 0 spiro atoms. The highest BCUT2D eigenvalue weighted by Crippen LogP contribution is 2.18. The highest BCUT2D eigenvalue weighted by Gasteiger charge is 2.26. The lowest BCUT2D eigenvalue weighted by Crippen LogP contribution is -2.33. The van der Waals surface area contributed by atoms with Crippen LogP contribution in [0.3, 0.4) is 0 Å². The van der Waals surface area contributed by atoms with Gasteiger partial charge < -0.3 is 4.74 Å². The van der Waals surface area contributed by atoms with E-state index in [2.05, 4.69) is 0 Å². The molecular formula is C26H26FNO2. The van der Waals surface area contributed by atoms with E-state index in [0.717, 1.165) is 11.1 Å². The van der Waals surface area contributed by atoms with Gasteiger partial charge in [0.2, 0.25) is 0 Å². The highest BCUT2D eigenvalue weighted by atomic mass is 19.1. The SMILES string of the molecule is CC(C)(C)OC(=O)[C@@H](Cc1cccc(F)c1)N=C(c1ccccc1)c1ccccc1. The zero-order valence-corrected chi connectivity index (χ0v) is 17.5. The van der Waals surface area contributed by atoms with Gasteiger partial charge in [0.05, 0.1) is 5.71 Å². The first-order chi connectivity index (χ1) is 14.3. The third-order valence-electron chi connectivity index (χ3n) is 4.38. The summed E-state index contributed by atoms with van der Waals surface area (Å²) in [5.74, 6) is -0.776. The summed E-state index contributed by atoms with van der Waals surface area (Å²) in [6.45, 7) is 5.47. The van der Waals surface area contributed by atoms with Crippen LogP contribution in [0.1, 0.15) is 37.5 Å². The number of carbonyl (C=O) groups is 1. The fraction of sp³-hybridized carbons (Fsp3) is 0.231. The van der Waals surface area contributed by atoms with Crippen LogP contribution in [0.2, 0.25) is 0 Å². The maximum Gasteiger partial charge on any atom is 0.331 e. The lowest BCUT2D eigenvalue weighted by molar-refractivity contribution is -0.156. The molecule has 0 aliphatic rings. The van der Waals surface area contributed by atoms with Gasteiger partial charge in [0, 0.05) is 17.5 Å². The third-order valence-corrected chi connectivity index (χ3v) is 4.38. The van der Waals surface area contributed by atoms with Crippen molar-refractivity contribution < 1.29 is 13.9 Å². The topological polar surface area (TPSA) is 38.7 Å². The number of halogens is 1. The van der Waals surface area contributed by atoms with Gasteiger partial charge in [-0.3, -0.25) is 4.99 Å². The molecule has 3 nitrogen and oxygen atoms in total. The number of esters is 1. The van der Waals surface area contributed by atoms with Gasteiger partial charge in [0.1, 0.15) is 11.4 Å². The number of hydrogen-bond acceptors (Lipinski definition) is 3. The second-order valence-corrected chi connectivity index (χ2v) is 8.09. The standard InChI is InChI=1S/C26H26FNO2/c1-26(2,3)30-25(29)23(18-19-11-10-16-22(27)17-19)28-24(20-12-6-4-7-13-20)21-14-8-5-9-15-21/h4-17,23H,18H2,1-3H3/t23-/m1/s1. The number of nitrogens with zero attached hydrogens (tertiary/aromatic N) is 1. The molecule has 3 aromatic carbocycles. The van der Waals surface area contributed by atoms with E-state index in [1.54, 1.807) is 12.1 Å². The van der Waals surface area contributed by atoms with Crippen molar-refractivity contribution in [1.82, 2.24) is 0 Å². The Morgan fingerprint density at radius 3 is 1.97 bits per heavy atom. The molecule has 0 heterocycles. The molecule has 154 valence electrons. The second-order valence-electron chi connectivity index (χ2n) is 8.09. The van der Waals surface area contributed by atoms with Crippen molar-refractivity contribution in [3.8, 4) is 0 Å². The Morgan fingerprint density at radius 2 is 1.47 bits per heavy atom. The minimum absolute atomic E-state index is 0.246. The van der Waals surface area contributed by atoms with E-state index in [1.807, 2.05) is 81.4 Å². The van der Waals surface area contributed by atoms with Crippen molar-refractivity contribution in [2.45, 2.75) is 38.8 Å². The Hall–Kier alpha value is -3.27. The van der Waals surface area contributed by atoms with Crippen molar-refractivity contribution in [2.75, 3.05) is 0 Å². The van der Waals surface area contributed by atoms with Crippen LogP contribution in [0.15, 0.2) is 89.9 Å². The minimum Gasteiger partial charge on any atom is -0.458 e. The van der Waals surface area contributed by atoms with E-state index in [0.29, 0.717) is 11.3 Å². The zero-order chi connectivity index (χ0) is 21.6. The fourth-order valence-corrected chi connectivity index (χ4v) is 3.10. The molecule has 0 amide bonds. The summed E-state index contributed by atoms with van der Waals surface area (Å²) in [5.41, 5.74) is 2.54. The van der Waals surface area contributed by atoms with Crippen LogP contribution in [0.25, 0.3) is 0 Å². The number of hydrogen-bond donors (Lipinski definition) is 0. The van der Waals surface area contributed by atoms with Gasteiger partial charge >= 0.3 is 5.97 Å². The molecule has 0 saturated carbocycles.